The highest BCUT2D eigenvalue weighted by molar-refractivity contribution is 6.02. The van der Waals surface area contributed by atoms with Crippen LogP contribution in [0.1, 0.15) is 46.0 Å². The molecule has 4 rings (SSSR count). The van der Waals surface area contributed by atoms with Crippen molar-refractivity contribution in [3.05, 3.63) is 35.5 Å². The van der Waals surface area contributed by atoms with Gasteiger partial charge in [0.05, 0.1) is 6.61 Å². The van der Waals surface area contributed by atoms with Gasteiger partial charge < -0.3 is 5.11 Å². The van der Waals surface area contributed by atoms with E-state index in [0.29, 0.717) is 30.0 Å². The van der Waals surface area contributed by atoms with Gasteiger partial charge in [-0.1, -0.05) is 26.0 Å². The second-order valence-corrected chi connectivity index (χ2v) is 8.59. The first-order valence-electron chi connectivity index (χ1n) is 9.12. The Kier molecular flexibility index (Phi) is 3.34. The summed E-state index contributed by atoms with van der Waals surface area (Å²) < 4.78 is 0. The first-order chi connectivity index (χ1) is 11.3. The summed E-state index contributed by atoms with van der Waals surface area (Å²) in [5.74, 6) is 1.61. The molecule has 3 heteroatoms. The summed E-state index contributed by atoms with van der Waals surface area (Å²) in [5, 5.41) is 9.94. The molecule has 4 aliphatic carbocycles. The fraction of sp³-hybridized carbons (Fsp3) is 0.619. The van der Waals surface area contributed by atoms with E-state index in [1.54, 1.807) is 12.2 Å². The van der Waals surface area contributed by atoms with Crippen molar-refractivity contribution in [2.75, 3.05) is 6.61 Å². The average molecular weight is 326 g/mol. The van der Waals surface area contributed by atoms with Crippen molar-refractivity contribution in [1.29, 1.82) is 0 Å². The number of carbonyl (C=O) groups excluding carboxylic acids is 2. The number of rotatable bonds is 1. The van der Waals surface area contributed by atoms with Gasteiger partial charge in [0.1, 0.15) is 5.78 Å². The highest BCUT2D eigenvalue weighted by atomic mass is 16.3. The minimum Gasteiger partial charge on any atom is -0.392 e. The first kappa shape index (κ1) is 16.0. The topological polar surface area (TPSA) is 54.4 Å². The lowest BCUT2D eigenvalue weighted by molar-refractivity contribution is -0.131. The summed E-state index contributed by atoms with van der Waals surface area (Å²) in [6, 6.07) is 0. The van der Waals surface area contributed by atoms with Crippen molar-refractivity contribution in [3.63, 3.8) is 0 Å². The van der Waals surface area contributed by atoms with Gasteiger partial charge in [-0.2, -0.15) is 0 Å². The number of allylic oxidation sites excluding steroid dienone is 4. The number of aliphatic hydroxyl groups is 1. The van der Waals surface area contributed by atoms with Crippen LogP contribution in [0, 0.1) is 28.6 Å². The monoisotopic (exact) mass is 326 g/mol. The largest absolute Gasteiger partial charge is 0.392 e. The zero-order valence-electron chi connectivity index (χ0n) is 14.6. The maximum absolute atomic E-state index is 12.5. The zero-order valence-corrected chi connectivity index (χ0v) is 14.6. The predicted molar refractivity (Wildman–Crippen MR) is 92.2 cm³/mol. The number of aliphatic hydroxyl groups excluding tert-OH is 1. The minimum absolute atomic E-state index is 0.0391. The van der Waals surface area contributed by atoms with Crippen LogP contribution in [0.4, 0.5) is 0 Å². The van der Waals surface area contributed by atoms with Gasteiger partial charge in [-0.3, -0.25) is 9.59 Å². The lowest BCUT2D eigenvalue weighted by atomic mass is 9.46. The molecule has 3 nitrogen and oxygen atoms in total. The van der Waals surface area contributed by atoms with E-state index >= 15 is 0 Å². The van der Waals surface area contributed by atoms with E-state index in [4.69, 9.17) is 0 Å². The third-order valence-electron chi connectivity index (χ3n) is 7.75. The molecule has 0 amide bonds. The van der Waals surface area contributed by atoms with Crippen LogP contribution >= 0.6 is 0 Å². The van der Waals surface area contributed by atoms with Crippen LogP contribution in [-0.4, -0.2) is 23.3 Å². The van der Waals surface area contributed by atoms with Gasteiger partial charge in [-0.25, -0.2) is 0 Å². The molecule has 5 atom stereocenters. The highest BCUT2D eigenvalue weighted by Crippen LogP contribution is 2.65. The third kappa shape index (κ3) is 1.82. The molecule has 0 aromatic heterocycles. The second kappa shape index (κ2) is 5.01. The van der Waals surface area contributed by atoms with Gasteiger partial charge in [0, 0.05) is 17.3 Å². The van der Waals surface area contributed by atoms with Crippen molar-refractivity contribution < 1.29 is 14.7 Å². The van der Waals surface area contributed by atoms with Crippen LogP contribution in [0.3, 0.4) is 0 Å². The molecule has 0 saturated heterocycles. The van der Waals surface area contributed by atoms with E-state index in [-0.39, 0.29) is 23.2 Å². The van der Waals surface area contributed by atoms with Gasteiger partial charge in [-0.05, 0) is 66.7 Å². The van der Waals surface area contributed by atoms with E-state index in [1.165, 1.54) is 0 Å². The van der Waals surface area contributed by atoms with Crippen molar-refractivity contribution in [2.45, 2.75) is 46.0 Å². The van der Waals surface area contributed by atoms with Crippen LogP contribution < -0.4 is 0 Å². The summed E-state index contributed by atoms with van der Waals surface area (Å²) in [5.41, 5.74) is 2.39. The van der Waals surface area contributed by atoms with Gasteiger partial charge >= 0.3 is 0 Å². The van der Waals surface area contributed by atoms with Gasteiger partial charge in [0.15, 0.2) is 5.78 Å². The van der Waals surface area contributed by atoms with E-state index < -0.39 is 0 Å². The molecule has 0 heterocycles. The molecule has 5 unspecified atom stereocenters. The van der Waals surface area contributed by atoms with Crippen molar-refractivity contribution in [2.24, 2.45) is 28.6 Å². The number of fused-ring (bicyclic) bond motifs is 5. The summed E-state index contributed by atoms with van der Waals surface area (Å²) >= 11 is 0. The predicted octanol–water partition coefficient (Wildman–Crippen LogP) is 3.39. The van der Waals surface area contributed by atoms with Gasteiger partial charge in [0.2, 0.25) is 0 Å². The molecule has 0 aromatic rings. The first-order valence-corrected chi connectivity index (χ1v) is 9.12. The Bertz CT molecular complexity index is 713. The Labute approximate surface area is 143 Å². The Balaban J connectivity index is 1.81. The lowest BCUT2D eigenvalue weighted by Gasteiger charge is -2.57. The average Bonchev–Trinajstić information content (AvgIpc) is 2.84. The summed E-state index contributed by atoms with van der Waals surface area (Å²) in [4.78, 5) is 24.5. The third-order valence-corrected chi connectivity index (χ3v) is 7.75. The van der Waals surface area contributed by atoms with Crippen molar-refractivity contribution in [1.82, 2.24) is 0 Å². The molecule has 0 aromatic carbocycles. The Morgan fingerprint density at radius 1 is 1.21 bits per heavy atom. The molecule has 4 aliphatic rings. The fourth-order valence-electron chi connectivity index (χ4n) is 6.40. The number of Topliss-reactive ketones (excluding diaryl/α,β-unsaturated/α-hetero) is 1. The zero-order chi connectivity index (χ0) is 17.3. The quantitative estimate of drug-likeness (QED) is 0.803. The van der Waals surface area contributed by atoms with Crippen LogP contribution in [-0.2, 0) is 9.59 Å². The lowest BCUT2D eigenvalue weighted by Crippen LogP contribution is -2.51. The number of hydrogen-bond donors (Lipinski definition) is 1. The molecule has 0 spiro atoms. The number of hydrogen-bond acceptors (Lipinski definition) is 3. The smallest absolute Gasteiger partial charge is 0.179 e. The maximum Gasteiger partial charge on any atom is 0.179 e. The maximum atomic E-state index is 12.5. The van der Waals surface area contributed by atoms with E-state index in [2.05, 4.69) is 20.4 Å². The molecule has 0 aliphatic heterocycles. The van der Waals surface area contributed by atoms with E-state index in [1.807, 2.05) is 0 Å². The fourth-order valence-corrected chi connectivity index (χ4v) is 6.40. The second-order valence-electron chi connectivity index (χ2n) is 8.59. The molecule has 3 fully saturated rings. The molecule has 24 heavy (non-hydrogen) atoms. The van der Waals surface area contributed by atoms with E-state index in [0.717, 1.165) is 42.4 Å². The Morgan fingerprint density at radius 3 is 2.67 bits per heavy atom. The van der Waals surface area contributed by atoms with Crippen LogP contribution in [0.25, 0.3) is 0 Å². The number of ketones is 2. The van der Waals surface area contributed by atoms with Gasteiger partial charge in [-0.15, -0.1) is 0 Å². The Hall–Kier alpha value is -1.48. The van der Waals surface area contributed by atoms with Crippen LogP contribution in [0.15, 0.2) is 35.5 Å². The summed E-state index contributed by atoms with van der Waals surface area (Å²) in [7, 11) is 0. The summed E-state index contributed by atoms with van der Waals surface area (Å²) in [6.07, 6.45) is 7.83. The Morgan fingerprint density at radius 2 is 1.96 bits per heavy atom. The van der Waals surface area contributed by atoms with Crippen molar-refractivity contribution in [3.8, 4) is 0 Å². The molecule has 1 N–H and O–H groups in total. The van der Waals surface area contributed by atoms with Crippen molar-refractivity contribution >= 4 is 11.6 Å². The van der Waals surface area contributed by atoms with Crippen LogP contribution in [0.2, 0.25) is 0 Å². The van der Waals surface area contributed by atoms with Crippen LogP contribution in [0.5, 0.6) is 0 Å². The number of carbonyl (C=O) groups is 2. The highest BCUT2D eigenvalue weighted by Gasteiger charge is 2.60. The molecule has 0 radical (unpaired) electrons. The normalized spacial score (nSPS) is 44.5. The van der Waals surface area contributed by atoms with Gasteiger partial charge in [0.25, 0.3) is 0 Å². The molecule has 128 valence electrons. The SMILES string of the molecule is C=C1CC2C3CCC(=O)C3(C)CCC2C2(C)C(CO)=CC(=O)C=C12. The van der Waals surface area contributed by atoms with E-state index in [9.17, 15) is 14.7 Å². The minimum atomic E-state index is -0.310. The standard InChI is InChI=1S/C21H26O3/c1-12-8-15-16-4-5-19(24)20(16,2)7-6-17(15)21(3)13(11-22)9-14(23)10-18(12)21/h9-10,15-17,22H,1,4-8,11H2,2-3H3. The summed E-state index contributed by atoms with van der Waals surface area (Å²) in [6.45, 7) is 8.53. The molecule has 0 bridgehead atoms. The molecular weight excluding hydrogens is 300 g/mol. The molecule has 3 saturated carbocycles. The molecular formula is C21H26O3.